The normalized spacial score (nSPS) is 13.6. The van der Waals surface area contributed by atoms with E-state index < -0.39 is 30.2 Å². The number of carbonyl (C=O) groups excluding carboxylic acids is 2. The number of aromatic nitrogens is 1. The van der Waals surface area contributed by atoms with Gasteiger partial charge in [-0.25, -0.2) is 4.39 Å². The van der Waals surface area contributed by atoms with Gasteiger partial charge in [0.2, 0.25) is 11.8 Å². The molecule has 36 heavy (non-hydrogen) atoms. The molecular weight excluding hydrogens is 464 g/mol. The maximum absolute atomic E-state index is 13.1. The number of nitrogens with one attached hydrogen (secondary N) is 2. The first-order chi connectivity index (χ1) is 17.3. The summed E-state index contributed by atoms with van der Waals surface area (Å²) in [6.45, 7) is 0. The summed E-state index contributed by atoms with van der Waals surface area (Å²) >= 11 is 0. The number of anilines is 2. The molecule has 0 unspecified atom stereocenters. The first kappa shape index (κ1) is 23.5. The highest BCUT2D eigenvalue weighted by Crippen LogP contribution is 2.47. The van der Waals surface area contributed by atoms with Crippen LogP contribution in [0.1, 0.15) is 12.8 Å². The summed E-state index contributed by atoms with van der Waals surface area (Å²) in [5.41, 5.74) is 0.659. The summed E-state index contributed by atoms with van der Waals surface area (Å²) in [5, 5.41) is 24.9. The lowest BCUT2D eigenvalue weighted by molar-refractivity contribution is -0.131. The molecule has 3 aromatic carbocycles. The number of nitrogens with zero attached hydrogens (tertiary/aromatic N) is 1. The van der Waals surface area contributed by atoms with Crippen molar-refractivity contribution < 1.29 is 28.8 Å². The predicted molar refractivity (Wildman–Crippen MR) is 133 cm³/mol. The summed E-state index contributed by atoms with van der Waals surface area (Å²) in [6, 6.07) is 18.6. The Morgan fingerprint density at radius 1 is 0.889 bits per heavy atom. The number of rotatable bonds is 7. The third-order valence-electron chi connectivity index (χ3n) is 6.09. The Morgan fingerprint density at radius 2 is 1.50 bits per heavy atom. The lowest BCUT2D eigenvalue weighted by Gasteiger charge is -2.16. The van der Waals surface area contributed by atoms with Crippen molar-refractivity contribution in [2.24, 2.45) is 5.41 Å². The van der Waals surface area contributed by atoms with Crippen LogP contribution in [0.3, 0.4) is 0 Å². The molecule has 1 fully saturated rings. The number of benzene rings is 3. The highest BCUT2D eigenvalue weighted by molar-refractivity contribution is 6.58. The van der Waals surface area contributed by atoms with Gasteiger partial charge in [0.15, 0.2) is 0 Å². The number of pyridine rings is 1. The smallest absolute Gasteiger partial charge is 0.457 e. The number of fused-ring (bicyclic) bond motifs is 1. The van der Waals surface area contributed by atoms with Gasteiger partial charge >= 0.3 is 7.12 Å². The van der Waals surface area contributed by atoms with Crippen LogP contribution in [0.25, 0.3) is 10.9 Å². The van der Waals surface area contributed by atoms with Crippen molar-refractivity contribution >= 4 is 46.7 Å². The fraction of sp³-hybridized carbons (Fsp3) is 0.115. The Kier molecular flexibility index (Phi) is 6.13. The molecule has 0 aliphatic heterocycles. The summed E-state index contributed by atoms with van der Waals surface area (Å²) in [6.07, 6.45) is 2.42. The third-order valence-corrected chi connectivity index (χ3v) is 6.09. The molecule has 2 amide bonds. The predicted octanol–water partition coefficient (Wildman–Crippen LogP) is 3.20. The van der Waals surface area contributed by atoms with E-state index in [1.54, 1.807) is 54.7 Å². The second-order valence-electron chi connectivity index (χ2n) is 8.58. The van der Waals surface area contributed by atoms with Gasteiger partial charge in [-0.1, -0.05) is 6.07 Å². The molecule has 1 aromatic heterocycles. The van der Waals surface area contributed by atoms with E-state index in [1.807, 2.05) is 0 Å². The van der Waals surface area contributed by atoms with Crippen LogP contribution >= 0.6 is 0 Å². The van der Waals surface area contributed by atoms with Crippen LogP contribution in [-0.4, -0.2) is 34.0 Å². The summed E-state index contributed by atoms with van der Waals surface area (Å²) in [4.78, 5) is 29.8. The van der Waals surface area contributed by atoms with Crippen molar-refractivity contribution in [1.29, 1.82) is 0 Å². The Labute approximate surface area is 205 Å². The van der Waals surface area contributed by atoms with E-state index in [2.05, 4.69) is 15.6 Å². The monoisotopic (exact) mass is 485 g/mol. The lowest BCUT2D eigenvalue weighted by atomic mass is 9.80. The number of amides is 2. The van der Waals surface area contributed by atoms with Gasteiger partial charge in [0.1, 0.15) is 22.7 Å². The highest BCUT2D eigenvalue weighted by atomic mass is 19.1. The SMILES string of the molecule is O=C(Nc1ccc(F)cc1)C1(C(=O)Nc2ccc(Oc3ccnc4cc(B(O)O)ccc34)cc2)CC1. The van der Waals surface area contributed by atoms with Gasteiger partial charge in [0.25, 0.3) is 0 Å². The zero-order chi connectivity index (χ0) is 25.3. The molecule has 1 aliphatic rings. The van der Waals surface area contributed by atoms with Crippen LogP contribution in [0, 0.1) is 11.2 Å². The summed E-state index contributed by atoms with van der Waals surface area (Å²) in [5.74, 6) is -0.190. The number of ether oxygens (including phenoxy) is 1. The molecule has 4 aromatic rings. The third kappa shape index (κ3) is 4.77. The Balaban J connectivity index is 1.25. The molecule has 0 bridgehead atoms. The molecule has 0 saturated heterocycles. The van der Waals surface area contributed by atoms with Crippen molar-refractivity contribution in [3.63, 3.8) is 0 Å². The van der Waals surface area contributed by atoms with Gasteiger partial charge in [0.05, 0.1) is 5.52 Å². The lowest BCUT2D eigenvalue weighted by Crippen LogP contribution is -2.35. The minimum Gasteiger partial charge on any atom is -0.457 e. The molecule has 8 nitrogen and oxygen atoms in total. The van der Waals surface area contributed by atoms with Crippen LogP contribution in [0.4, 0.5) is 15.8 Å². The Hall–Kier alpha value is -4.28. The van der Waals surface area contributed by atoms with Gasteiger partial charge < -0.3 is 25.4 Å². The van der Waals surface area contributed by atoms with Crippen molar-refractivity contribution in [2.45, 2.75) is 12.8 Å². The molecule has 0 radical (unpaired) electrons. The molecule has 1 heterocycles. The average molecular weight is 485 g/mol. The molecule has 10 heteroatoms. The van der Waals surface area contributed by atoms with Gasteiger partial charge in [-0.3, -0.25) is 14.6 Å². The van der Waals surface area contributed by atoms with Crippen LogP contribution < -0.4 is 20.8 Å². The molecule has 0 spiro atoms. The molecule has 1 aliphatic carbocycles. The van der Waals surface area contributed by atoms with E-state index in [-0.39, 0.29) is 0 Å². The minimum absolute atomic E-state index is 0.326. The molecule has 4 N–H and O–H groups in total. The van der Waals surface area contributed by atoms with Crippen molar-refractivity contribution in [3.05, 3.63) is 84.8 Å². The van der Waals surface area contributed by atoms with Crippen LogP contribution in [-0.2, 0) is 9.59 Å². The van der Waals surface area contributed by atoms with E-state index in [9.17, 15) is 24.0 Å². The first-order valence-corrected chi connectivity index (χ1v) is 11.3. The maximum Gasteiger partial charge on any atom is 0.488 e. The van der Waals surface area contributed by atoms with Crippen LogP contribution in [0.5, 0.6) is 11.5 Å². The number of hydrogen-bond donors (Lipinski definition) is 4. The van der Waals surface area contributed by atoms with E-state index >= 15 is 0 Å². The largest absolute Gasteiger partial charge is 0.488 e. The van der Waals surface area contributed by atoms with Gasteiger partial charge in [-0.2, -0.15) is 0 Å². The second-order valence-corrected chi connectivity index (χ2v) is 8.58. The fourth-order valence-electron chi connectivity index (χ4n) is 3.84. The average Bonchev–Trinajstić information content (AvgIpc) is 3.69. The van der Waals surface area contributed by atoms with Gasteiger partial charge in [-0.15, -0.1) is 0 Å². The molecular formula is C26H21BFN3O5. The summed E-state index contributed by atoms with van der Waals surface area (Å²) in [7, 11) is -1.59. The fourth-order valence-corrected chi connectivity index (χ4v) is 3.84. The van der Waals surface area contributed by atoms with Gasteiger partial charge in [0, 0.05) is 23.0 Å². The van der Waals surface area contributed by atoms with Crippen LogP contribution in [0.15, 0.2) is 79.0 Å². The van der Waals surface area contributed by atoms with E-state index in [0.717, 1.165) is 0 Å². The molecule has 1 saturated carbocycles. The zero-order valence-electron chi connectivity index (χ0n) is 18.9. The molecule has 5 rings (SSSR count). The van der Waals surface area contributed by atoms with E-state index in [1.165, 1.54) is 24.3 Å². The van der Waals surface area contributed by atoms with Crippen molar-refractivity contribution in [1.82, 2.24) is 4.98 Å². The Bertz CT molecular complexity index is 1440. The zero-order valence-corrected chi connectivity index (χ0v) is 18.9. The first-order valence-electron chi connectivity index (χ1n) is 11.3. The highest BCUT2D eigenvalue weighted by Gasteiger charge is 2.56. The number of halogens is 1. The number of carbonyl (C=O) groups is 2. The van der Waals surface area contributed by atoms with Crippen LogP contribution in [0.2, 0.25) is 0 Å². The minimum atomic E-state index is -1.59. The van der Waals surface area contributed by atoms with Crippen molar-refractivity contribution in [2.75, 3.05) is 10.6 Å². The topological polar surface area (TPSA) is 121 Å². The number of hydrogen-bond acceptors (Lipinski definition) is 6. The Morgan fingerprint density at radius 3 is 2.08 bits per heavy atom. The molecule has 0 atom stereocenters. The van der Waals surface area contributed by atoms with Gasteiger partial charge in [-0.05, 0) is 85.0 Å². The maximum atomic E-state index is 13.1. The van der Waals surface area contributed by atoms with Crippen molar-refractivity contribution in [3.8, 4) is 11.5 Å². The second kappa shape index (κ2) is 9.41. The van der Waals surface area contributed by atoms with E-state index in [4.69, 9.17) is 4.74 Å². The quantitative estimate of drug-likeness (QED) is 0.236. The standard InChI is InChI=1S/C26H21BFN3O5/c28-17-2-4-18(5-3-17)30-24(32)26(12-13-26)25(33)31-19-6-8-20(9-7-19)36-23-11-14-29-22-15-16(27(34)35)1-10-21(22)23/h1-11,14-15,34-35H,12-13H2,(H,30,32)(H,31,33). The van der Waals surface area contributed by atoms with E-state index in [0.29, 0.717) is 52.1 Å². The molecule has 180 valence electrons. The summed E-state index contributed by atoms with van der Waals surface area (Å²) < 4.78 is 19.1.